The average Bonchev–Trinajstić information content (AvgIpc) is 2.26. The van der Waals surface area contributed by atoms with Gasteiger partial charge in [0.1, 0.15) is 6.54 Å². The third kappa shape index (κ3) is 4.49. The van der Waals surface area contributed by atoms with Gasteiger partial charge in [-0.1, -0.05) is 13.0 Å². The van der Waals surface area contributed by atoms with Crippen LogP contribution in [0.25, 0.3) is 0 Å². The number of benzene rings is 1. The first-order valence-electron chi connectivity index (χ1n) is 5.58. The third-order valence-electron chi connectivity index (χ3n) is 2.40. The quantitative estimate of drug-likeness (QED) is 0.891. The lowest BCUT2D eigenvalue weighted by Gasteiger charge is -2.26. The SMILES string of the molecule is CCCN(CC(F)(F)F)c1ccc(CO)cc1Br. The van der Waals surface area contributed by atoms with Crippen LogP contribution in [0.1, 0.15) is 18.9 Å². The van der Waals surface area contributed by atoms with Crippen LogP contribution in [0.15, 0.2) is 22.7 Å². The van der Waals surface area contributed by atoms with Crippen molar-refractivity contribution in [2.24, 2.45) is 0 Å². The Kier molecular flexibility index (Phi) is 5.47. The Morgan fingerprint density at radius 2 is 2.00 bits per heavy atom. The molecule has 1 rings (SSSR count). The Bertz CT molecular complexity index is 395. The van der Waals surface area contributed by atoms with E-state index in [0.717, 1.165) is 0 Å². The summed E-state index contributed by atoms with van der Waals surface area (Å²) < 4.78 is 38.0. The van der Waals surface area contributed by atoms with E-state index in [0.29, 0.717) is 28.7 Å². The van der Waals surface area contributed by atoms with Gasteiger partial charge in [-0.25, -0.2) is 0 Å². The second kappa shape index (κ2) is 6.43. The van der Waals surface area contributed by atoms with E-state index in [1.54, 1.807) is 18.2 Å². The number of aliphatic hydroxyl groups is 1. The number of hydrogen-bond acceptors (Lipinski definition) is 2. The summed E-state index contributed by atoms with van der Waals surface area (Å²) in [7, 11) is 0. The predicted molar refractivity (Wildman–Crippen MR) is 68.6 cm³/mol. The van der Waals surface area contributed by atoms with Gasteiger partial charge >= 0.3 is 6.18 Å². The molecule has 0 radical (unpaired) electrons. The highest BCUT2D eigenvalue weighted by Gasteiger charge is 2.31. The maximum Gasteiger partial charge on any atom is 0.405 e. The fourth-order valence-corrected chi connectivity index (χ4v) is 2.35. The summed E-state index contributed by atoms with van der Waals surface area (Å²) in [5.74, 6) is 0. The number of rotatable bonds is 5. The minimum atomic E-state index is -4.23. The number of nitrogens with zero attached hydrogens (tertiary/aromatic N) is 1. The van der Waals surface area contributed by atoms with Crippen LogP contribution in [-0.4, -0.2) is 24.4 Å². The van der Waals surface area contributed by atoms with Gasteiger partial charge in [0, 0.05) is 11.0 Å². The maximum atomic E-state index is 12.5. The summed E-state index contributed by atoms with van der Waals surface area (Å²) in [6.45, 7) is 1.06. The van der Waals surface area contributed by atoms with Crippen molar-refractivity contribution in [2.45, 2.75) is 26.1 Å². The highest BCUT2D eigenvalue weighted by molar-refractivity contribution is 9.10. The van der Waals surface area contributed by atoms with Crippen molar-refractivity contribution in [3.63, 3.8) is 0 Å². The molecular weight excluding hydrogens is 311 g/mol. The Morgan fingerprint density at radius 3 is 2.44 bits per heavy atom. The molecule has 18 heavy (non-hydrogen) atoms. The van der Waals surface area contributed by atoms with Crippen LogP contribution in [0.3, 0.4) is 0 Å². The monoisotopic (exact) mass is 325 g/mol. The van der Waals surface area contributed by atoms with Crippen LogP contribution in [0.5, 0.6) is 0 Å². The lowest BCUT2D eigenvalue weighted by Crippen LogP contribution is -2.35. The zero-order valence-electron chi connectivity index (χ0n) is 9.97. The molecule has 0 spiro atoms. The molecule has 1 aromatic carbocycles. The number of alkyl halides is 3. The summed E-state index contributed by atoms with van der Waals surface area (Å²) >= 11 is 3.25. The van der Waals surface area contributed by atoms with Gasteiger partial charge in [-0.3, -0.25) is 0 Å². The van der Waals surface area contributed by atoms with Crippen LogP contribution in [0.2, 0.25) is 0 Å². The Hall–Kier alpha value is -0.750. The van der Waals surface area contributed by atoms with Crippen molar-refractivity contribution in [1.29, 1.82) is 0 Å². The van der Waals surface area contributed by atoms with E-state index >= 15 is 0 Å². The van der Waals surface area contributed by atoms with E-state index in [2.05, 4.69) is 15.9 Å². The molecule has 1 N–H and O–H groups in total. The van der Waals surface area contributed by atoms with Gasteiger partial charge in [0.2, 0.25) is 0 Å². The molecule has 0 fully saturated rings. The van der Waals surface area contributed by atoms with Crippen LogP contribution >= 0.6 is 15.9 Å². The van der Waals surface area contributed by atoms with Gasteiger partial charge in [0.15, 0.2) is 0 Å². The fraction of sp³-hybridized carbons (Fsp3) is 0.500. The van der Waals surface area contributed by atoms with E-state index in [1.165, 1.54) is 4.90 Å². The summed E-state index contributed by atoms with van der Waals surface area (Å²) in [6.07, 6.45) is -3.60. The third-order valence-corrected chi connectivity index (χ3v) is 3.03. The van der Waals surface area contributed by atoms with Gasteiger partial charge in [-0.05, 0) is 40.0 Å². The second-order valence-corrected chi connectivity index (χ2v) is 4.83. The Morgan fingerprint density at radius 1 is 1.33 bits per heavy atom. The van der Waals surface area contributed by atoms with E-state index in [-0.39, 0.29) is 6.61 Å². The van der Waals surface area contributed by atoms with Crippen LogP contribution in [-0.2, 0) is 6.61 Å². The van der Waals surface area contributed by atoms with Gasteiger partial charge in [-0.2, -0.15) is 13.2 Å². The van der Waals surface area contributed by atoms with Crippen molar-refractivity contribution in [2.75, 3.05) is 18.0 Å². The summed E-state index contributed by atoms with van der Waals surface area (Å²) in [5, 5.41) is 8.97. The van der Waals surface area contributed by atoms with E-state index in [1.807, 2.05) is 6.92 Å². The Labute approximate surface area is 113 Å². The van der Waals surface area contributed by atoms with E-state index < -0.39 is 12.7 Å². The molecule has 0 aliphatic heterocycles. The van der Waals surface area contributed by atoms with Gasteiger partial charge in [0.25, 0.3) is 0 Å². The molecule has 0 unspecified atom stereocenters. The maximum absolute atomic E-state index is 12.5. The normalized spacial score (nSPS) is 11.7. The molecular formula is C12H15BrF3NO. The summed E-state index contributed by atoms with van der Waals surface area (Å²) in [5.41, 5.74) is 1.15. The largest absolute Gasteiger partial charge is 0.405 e. The zero-order chi connectivity index (χ0) is 13.8. The van der Waals surface area contributed by atoms with Crippen LogP contribution < -0.4 is 4.90 Å². The molecule has 1 aromatic rings. The molecule has 0 amide bonds. The average molecular weight is 326 g/mol. The molecule has 6 heteroatoms. The van der Waals surface area contributed by atoms with Crippen LogP contribution in [0.4, 0.5) is 18.9 Å². The lowest BCUT2D eigenvalue weighted by atomic mass is 10.2. The molecule has 0 saturated heterocycles. The van der Waals surface area contributed by atoms with Crippen molar-refractivity contribution < 1.29 is 18.3 Å². The molecule has 0 aliphatic rings. The molecule has 0 aromatic heterocycles. The summed E-state index contributed by atoms with van der Waals surface area (Å²) in [4.78, 5) is 1.28. The first-order chi connectivity index (χ1) is 8.37. The fourth-order valence-electron chi connectivity index (χ4n) is 1.68. The predicted octanol–water partition coefficient (Wildman–Crippen LogP) is 3.72. The van der Waals surface area contributed by atoms with E-state index in [9.17, 15) is 13.2 Å². The van der Waals surface area contributed by atoms with Crippen molar-refractivity contribution in [3.8, 4) is 0 Å². The minimum absolute atomic E-state index is 0.133. The Balaban J connectivity index is 2.98. The standard InChI is InChI=1S/C12H15BrF3NO/c1-2-5-17(8-12(14,15)16)11-4-3-9(7-18)6-10(11)13/h3-4,6,18H,2,5,7-8H2,1H3. The molecule has 102 valence electrons. The van der Waals surface area contributed by atoms with Crippen LogP contribution in [0, 0.1) is 0 Å². The molecule has 0 atom stereocenters. The van der Waals surface area contributed by atoms with Gasteiger partial charge < -0.3 is 10.0 Å². The van der Waals surface area contributed by atoms with Crippen molar-refractivity contribution in [1.82, 2.24) is 0 Å². The van der Waals surface area contributed by atoms with E-state index in [4.69, 9.17) is 5.11 Å². The molecule has 0 aliphatic carbocycles. The van der Waals surface area contributed by atoms with Crippen molar-refractivity contribution in [3.05, 3.63) is 28.2 Å². The van der Waals surface area contributed by atoms with Crippen molar-refractivity contribution >= 4 is 21.6 Å². The zero-order valence-corrected chi connectivity index (χ0v) is 11.6. The number of halogens is 4. The first-order valence-corrected chi connectivity index (χ1v) is 6.37. The second-order valence-electron chi connectivity index (χ2n) is 3.98. The topological polar surface area (TPSA) is 23.5 Å². The minimum Gasteiger partial charge on any atom is -0.392 e. The molecule has 2 nitrogen and oxygen atoms in total. The van der Waals surface area contributed by atoms with Gasteiger partial charge in [0.05, 0.1) is 12.3 Å². The molecule has 0 saturated carbocycles. The highest BCUT2D eigenvalue weighted by atomic mass is 79.9. The molecule has 0 heterocycles. The highest BCUT2D eigenvalue weighted by Crippen LogP contribution is 2.30. The smallest absolute Gasteiger partial charge is 0.392 e. The molecule has 0 bridgehead atoms. The number of anilines is 1. The number of aliphatic hydroxyl groups excluding tert-OH is 1. The van der Waals surface area contributed by atoms with Gasteiger partial charge in [-0.15, -0.1) is 0 Å². The first kappa shape index (κ1) is 15.3. The number of hydrogen-bond donors (Lipinski definition) is 1. The summed E-state index contributed by atoms with van der Waals surface area (Å²) in [6, 6.07) is 4.85. The lowest BCUT2D eigenvalue weighted by molar-refractivity contribution is -0.119.